The third kappa shape index (κ3) is 2.84. The lowest BCUT2D eigenvalue weighted by Crippen LogP contribution is -2.12. The summed E-state index contributed by atoms with van der Waals surface area (Å²) in [6.45, 7) is 0. The normalized spacial score (nSPS) is 10.1. The van der Waals surface area contributed by atoms with Crippen LogP contribution in [-0.2, 0) is 0 Å². The molecule has 0 bridgehead atoms. The van der Waals surface area contributed by atoms with E-state index in [1.807, 2.05) is 0 Å². The van der Waals surface area contributed by atoms with Crippen LogP contribution in [-0.4, -0.2) is 16.0 Å². The van der Waals surface area contributed by atoms with Crippen molar-refractivity contribution in [3.63, 3.8) is 0 Å². The Morgan fingerprint density at radius 2 is 2.11 bits per heavy atom. The number of anilines is 1. The second-order valence-electron chi connectivity index (χ2n) is 3.49. The highest BCUT2D eigenvalue weighted by Gasteiger charge is 2.12. The number of phenolic OH excluding ortho intramolecular Hbond substituents is 1. The standard InChI is InChI=1S/C12H8BrFN2O2/c13-11-4-2-8(6-15-11)16-12(18)9-5-7(14)1-3-10(9)17/h1-6,17H,(H,16,18). The first-order chi connectivity index (χ1) is 8.56. The molecule has 0 aliphatic carbocycles. The van der Waals surface area contributed by atoms with Gasteiger partial charge in [0.1, 0.15) is 16.2 Å². The van der Waals surface area contributed by atoms with E-state index in [0.29, 0.717) is 10.3 Å². The first kappa shape index (κ1) is 12.5. The van der Waals surface area contributed by atoms with Crippen LogP contribution in [0.15, 0.2) is 41.1 Å². The first-order valence-electron chi connectivity index (χ1n) is 4.97. The molecule has 2 aromatic rings. The van der Waals surface area contributed by atoms with Crippen molar-refractivity contribution in [1.29, 1.82) is 0 Å². The van der Waals surface area contributed by atoms with Crippen molar-refractivity contribution in [1.82, 2.24) is 4.98 Å². The van der Waals surface area contributed by atoms with Crippen LogP contribution >= 0.6 is 15.9 Å². The Bertz CT molecular complexity index is 587. The fourth-order valence-electron chi connectivity index (χ4n) is 1.34. The summed E-state index contributed by atoms with van der Waals surface area (Å²) in [7, 11) is 0. The Morgan fingerprint density at radius 3 is 2.78 bits per heavy atom. The predicted octanol–water partition coefficient (Wildman–Crippen LogP) is 2.94. The predicted molar refractivity (Wildman–Crippen MR) is 68.0 cm³/mol. The third-order valence-corrected chi connectivity index (χ3v) is 2.66. The molecular weight excluding hydrogens is 303 g/mol. The number of nitrogens with one attached hydrogen (secondary N) is 1. The van der Waals surface area contributed by atoms with E-state index < -0.39 is 11.7 Å². The fraction of sp³-hybridized carbons (Fsp3) is 0. The number of hydrogen-bond acceptors (Lipinski definition) is 3. The van der Waals surface area contributed by atoms with E-state index >= 15 is 0 Å². The average Bonchev–Trinajstić information content (AvgIpc) is 2.35. The third-order valence-electron chi connectivity index (χ3n) is 2.19. The molecule has 2 N–H and O–H groups in total. The average molecular weight is 311 g/mol. The Labute approximate surface area is 111 Å². The van der Waals surface area contributed by atoms with E-state index in [4.69, 9.17) is 0 Å². The van der Waals surface area contributed by atoms with Crippen LogP contribution in [0.4, 0.5) is 10.1 Å². The number of halogens is 2. The number of aromatic hydroxyl groups is 1. The van der Waals surface area contributed by atoms with Gasteiger partial charge in [0.2, 0.25) is 0 Å². The van der Waals surface area contributed by atoms with Crippen molar-refractivity contribution in [2.75, 3.05) is 5.32 Å². The van der Waals surface area contributed by atoms with Gasteiger partial charge in [-0.25, -0.2) is 9.37 Å². The van der Waals surface area contributed by atoms with Crippen molar-refractivity contribution in [2.24, 2.45) is 0 Å². The van der Waals surface area contributed by atoms with Gasteiger partial charge in [0.05, 0.1) is 17.4 Å². The van der Waals surface area contributed by atoms with Crippen molar-refractivity contribution >= 4 is 27.5 Å². The smallest absolute Gasteiger partial charge is 0.259 e. The van der Waals surface area contributed by atoms with E-state index in [2.05, 4.69) is 26.2 Å². The molecule has 0 aliphatic rings. The quantitative estimate of drug-likeness (QED) is 0.838. The van der Waals surface area contributed by atoms with Crippen LogP contribution in [0, 0.1) is 5.82 Å². The molecule has 0 saturated carbocycles. The van der Waals surface area contributed by atoms with Gasteiger partial charge in [0, 0.05) is 0 Å². The molecule has 1 amide bonds. The maximum Gasteiger partial charge on any atom is 0.259 e. The van der Waals surface area contributed by atoms with E-state index in [1.54, 1.807) is 12.1 Å². The molecule has 1 aromatic carbocycles. The lowest BCUT2D eigenvalue weighted by atomic mass is 10.2. The van der Waals surface area contributed by atoms with Gasteiger partial charge < -0.3 is 10.4 Å². The molecule has 0 saturated heterocycles. The van der Waals surface area contributed by atoms with Crippen LogP contribution in [0.1, 0.15) is 10.4 Å². The minimum atomic E-state index is -0.601. The molecule has 0 radical (unpaired) electrons. The summed E-state index contributed by atoms with van der Waals surface area (Å²) in [4.78, 5) is 15.7. The zero-order valence-electron chi connectivity index (χ0n) is 9.02. The maximum atomic E-state index is 13.0. The van der Waals surface area contributed by atoms with E-state index in [0.717, 1.165) is 18.2 Å². The number of carbonyl (C=O) groups is 1. The van der Waals surface area contributed by atoms with Gasteiger partial charge in [0.15, 0.2) is 0 Å². The number of pyridine rings is 1. The summed E-state index contributed by atoms with van der Waals surface area (Å²) in [5.41, 5.74) is 0.324. The molecule has 6 heteroatoms. The Kier molecular flexibility index (Phi) is 3.57. The summed E-state index contributed by atoms with van der Waals surface area (Å²) in [6.07, 6.45) is 1.44. The van der Waals surface area contributed by atoms with Crippen molar-refractivity contribution in [3.05, 3.63) is 52.5 Å². The highest BCUT2D eigenvalue weighted by Crippen LogP contribution is 2.19. The number of carbonyl (C=O) groups excluding carboxylic acids is 1. The summed E-state index contributed by atoms with van der Waals surface area (Å²) < 4.78 is 13.6. The molecule has 0 aliphatic heterocycles. The highest BCUT2D eigenvalue weighted by molar-refractivity contribution is 9.10. The van der Waals surface area contributed by atoms with Crippen molar-refractivity contribution in [2.45, 2.75) is 0 Å². The molecule has 2 rings (SSSR count). The van der Waals surface area contributed by atoms with Crippen molar-refractivity contribution < 1.29 is 14.3 Å². The van der Waals surface area contributed by atoms with E-state index in [-0.39, 0.29) is 11.3 Å². The highest BCUT2D eigenvalue weighted by atomic mass is 79.9. The molecule has 1 aromatic heterocycles. The second-order valence-corrected chi connectivity index (χ2v) is 4.30. The first-order valence-corrected chi connectivity index (χ1v) is 5.77. The molecule has 4 nitrogen and oxygen atoms in total. The molecule has 92 valence electrons. The van der Waals surface area contributed by atoms with Crippen LogP contribution in [0.2, 0.25) is 0 Å². The van der Waals surface area contributed by atoms with Crippen LogP contribution in [0.5, 0.6) is 5.75 Å². The number of benzene rings is 1. The van der Waals surface area contributed by atoms with Crippen LogP contribution in [0.25, 0.3) is 0 Å². The molecule has 0 fully saturated rings. The molecule has 0 atom stereocenters. The van der Waals surface area contributed by atoms with Gasteiger partial charge in [-0.15, -0.1) is 0 Å². The van der Waals surface area contributed by atoms with Crippen molar-refractivity contribution in [3.8, 4) is 5.75 Å². The fourth-order valence-corrected chi connectivity index (χ4v) is 1.57. The molecule has 0 spiro atoms. The summed E-state index contributed by atoms with van der Waals surface area (Å²) >= 11 is 3.16. The van der Waals surface area contributed by atoms with Gasteiger partial charge in [-0.05, 0) is 46.3 Å². The Balaban J connectivity index is 2.21. The minimum absolute atomic E-state index is 0.127. The zero-order chi connectivity index (χ0) is 13.1. The maximum absolute atomic E-state index is 13.0. The lowest BCUT2D eigenvalue weighted by Gasteiger charge is -2.06. The SMILES string of the molecule is O=C(Nc1ccc(Br)nc1)c1cc(F)ccc1O. The lowest BCUT2D eigenvalue weighted by molar-refractivity contribution is 0.102. The van der Waals surface area contributed by atoms with Gasteiger partial charge in [-0.1, -0.05) is 0 Å². The second kappa shape index (κ2) is 5.14. The summed E-state index contributed by atoms with van der Waals surface area (Å²) in [5, 5.41) is 12.0. The number of aromatic nitrogens is 1. The summed E-state index contributed by atoms with van der Waals surface area (Å²) in [6, 6.07) is 6.46. The largest absolute Gasteiger partial charge is 0.507 e. The topological polar surface area (TPSA) is 62.2 Å². The van der Waals surface area contributed by atoms with Crippen LogP contribution in [0.3, 0.4) is 0 Å². The number of nitrogens with zero attached hydrogens (tertiary/aromatic N) is 1. The van der Waals surface area contributed by atoms with E-state index in [9.17, 15) is 14.3 Å². The molecule has 1 heterocycles. The molecule has 0 unspecified atom stereocenters. The van der Waals surface area contributed by atoms with E-state index in [1.165, 1.54) is 6.20 Å². The number of rotatable bonds is 2. The minimum Gasteiger partial charge on any atom is -0.507 e. The number of amides is 1. The number of hydrogen-bond donors (Lipinski definition) is 2. The van der Waals surface area contributed by atoms with Gasteiger partial charge in [-0.3, -0.25) is 4.79 Å². The number of phenols is 1. The zero-order valence-corrected chi connectivity index (χ0v) is 10.6. The summed E-state index contributed by atoms with van der Waals surface area (Å²) in [5.74, 6) is -1.47. The van der Waals surface area contributed by atoms with Gasteiger partial charge in [0.25, 0.3) is 5.91 Å². The molecular formula is C12H8BrFN2O2. The van der Waals surface area contributed by atoms with Crippen LogP contribution < -0.4 is 5.32 Å². The Morgan fingerprint density at radius 1 is 1.33 bits per heavy atom. The monoisotopic (exact) mass is 310 g/mol. The van der Waals surface area contributed by atoms with Gasteiger partial charge in [-0.2, -0.15) is 0 Å². The Hall–Kier alpha value is -1.95. The molecule has 18 heavy (non-hydrogen) atoms. The van der Waals surface area contributed by atoms with Gasteiger partial charge >= 0.3 is 0 Å².